The molecule has 0 spiro atoms. The summed E-state index contributed by atoms with van der Waals surface area (Å²) in [6.45, 7) is 3.36. The number of aromatic nitrogens is 1. The van der Waals surface area contributed by atoms with Crippen LogP contribution in [0.4, 0.5) is 4.39 Å². The molecule has 1 heterocycles. The van der Waals surface area contributed by atoms with E-state index in [1.165, 1.54) is 18.3 Å². The molecule has 9 heteroatoms. The van der Waals surface area contributed by atoms with E-state index in [9.17, 15) is 17.6 Å². The Morgan fingerprint density at radius 1 is 1.35 bits per heavy atom. The van der Waals surface area contributed by atoms with Crippen molar-refractivity contribution >= 4 is 16.0 Å². The Bertz CT molecular complexity index is 848. The van der Waals surface area contributed by atoms with Gasteiger partial charge in [-0.05, 0) is 30.2 Å². The number of halogens is 1. The molecule has 2 aromatic rings. The van der Waals surface area contributed by atoms with Crippen LogP contribution >= 0.6 is 0 Å². The number of ether oxygens (including phenoxy) is 1. The number of esters is 1. The fourth-order valence-electron chi connectivity index (χ4n) is 2.21. The second kappa shape index (κ2) is 8.41. The minimum Gasteiger partial charge on any atom is -0.454 e. The van der Waals surface area contributed by atoms with E-state index in [2.05, 4.69) is 9.71 Å². The summed E-state index contributed by atoms with van der Waals surface area (Å²) in [5.74, 6) is -0.747. The van der Waals surface area contributed by atoms with Crippen LogP contribution < -0.4 is 4.72 Å². The van der Waals surface area contributed by atoms with Gasteiger partial charge in [-0.15, -0.1) is 0 Å². The van der Waals surface area contributed by atoms with Gasteiger partial charge >= 0.3 is 5.97 Å². The number of hydrogen-bond acceptors (Lipinski definition) is 6. The number of benzene rings is 1. The van der Waals surface area contributed by atoms with Crippen molar-refractivity contribution in [2.75, 3.05) is 6.26 Å². The third-order valence-corrected chi connectivity index (χ3v) is 4.51. The van der Waals surface area contributed by atoms with E-state index in [0.29, 0.717) is 17.7 Å². The molecule has 2 rings (SSSR count). The highest BCUT2D eigenvalue weighted by Crippen LogP contribution is 2.21. The molecule has 0 aliphatic rings. The molecule has 0 aliphatic heterocycles. The number of hydrogen-bond donors (Lipinski definition) is 1. The van der Waals surface area contributed by atoms with Gasteiger partial charge in [-0.2, -0.15) is 0 Å². The van der Waals surface area contributed by atoms with Crippen LogP contribution in [-0.2, 0) is 26.2 Å². The van der Waals surface area contributed by atoms with E-state index in [0.717, 1.165) is 6.26 Å². The third-order valence-electron chi connectivity index (χ3n) is 3.83. The summed E-state index contributed by atoms with van der Waals surface area (Å²) >= 11 is 0. The monoisotopic (exact) mass is 384 g/mol. The molecule has 0 aliphatic carbocycles. The van der Waals surface area contributed by atoms with E-state index in [4.69, 9.17) is 9.15 Å². The van der Waals surface area contributed by atoms with Gasteiger partial charge in [0.05, 0.1) is 12.5 Å². The number of nitrogens with zero attached hydrogens (tertiary/aromatic N) is 1. The average molecular weight is 384 g/mol. The van der Waals surface area contributed by atoms with E-state index in [1.54, 1.807) is 19.1 Å². The van der Waals surface area contributed by atoms with Gasteiger partial charge in [0.2, 0.25) is 15.9 Å². The lowest BCUT2D eigenvalue weighted by atomic mass is 10.0. The molecule has 1 aromatic heterocycles. The Hall–Kier alpha value is -2.26. The molecule has 0 bridgehead atoms. The van der Waals surface area contributed by atoms with Gasteiger partial charge in [0.15, 0.2) is 12.4 Å². The minimum absolute atomic E-state index is 0.153. The van der Waals surface area contributed by atoms with Crippen LogP contribution in [0.5, 0.6) is 0 Å². The molecular formula is C17H21FN2O5S. The van der Waals surface area contributed by atoms with Crippen LogP contribution in [-0.4, -0.2) is 31.7 Å². The topological polar surface area (TPSA) is 98.5 Å². The third kappa shape index (κ3) is 5.63. The predicted molar refractivity (Wildman–Crippen MR) is 92.9 cm³/mol. The van der Waals surface area contributed by atoms with Crippen molar-refractivity contribution in [2.45, 2.75) is 32.9 Å². The Morgan fingerprint density at radius 3 is 2.58 bits per heavy atom. The lowest BCUT2D eigenvalue weighted by Gasteiger charge is -2.21. The highest BCUT2D eigenvalue weighted by Gasteiger charge is 2.28. The smallest absolute Gasteiger partial charge is 0.324 e. The average Bonchev–Trinajstić information content (AvgIpc) is 3.05. The Labute approximate surface area is 151 Å². The first-order valence-electron chi connectivity index (χ1n) is 8.04. The lowest BCUT2D eigenvalue weighted by molar-refractivity contribution is -0.149. The van der Waals surface area contributed by atoms with Crippen molar-refractivity contribution in [2.24, 2.45) is 5.92 Å². The summed E-state index contributed by atoms with van der Waals surface area (Å²) < 4.78 is 48.8. The molecule has 0 saturated carbocycles. The fourth-order valence-corrected chi connectivity index (χ4v) is 3.00. The number of nitrogens with one attached hydrogen (secondary N) is 1. The largest absolute Gasteiger partial charge is 0.454 e. The van der Waals surface area contributed by atoms with Crippen molar-refractivity contribution in [3.8, 4) is 11.3 Å². The molecule has 1 N–H and O–H groups in total. The van der Waals surface area contributed by atoms with Gasteiger partial charge in [0, 0.05) is 5.56 Å². The predicted octanol–water partition coefficient (Wildman–Crippen LogP) is 2.49. The maximum atomic E-state index is 13.0. The van der Waals surface area contributed by atoms with Crippen LogP contribution in [0.3, 0.4) is 0 Å². The van der Waals surface area contributed by atoms with E-state index in [-0.39, 0.29) is 24.2 Å². The fraction of sp³-hybridized carbons (Fsp3) is 0.412. The van der Waals surface area contributed by atoms with Gasteiger partial charge < -0.3 is 9.15 Å². The van der Waals surface area contributed by atoms with E-state index >= 15 is 0 Å². The molecule has 0 radical (unpaired) electrons. The molecule has 142 valence electrons. The van der Waals surface area contributed by atoms with Gasteiger partial charge in [-0.1, -0.05) is 20.3 Å². The first kappa shape index (κ1) is 20.1. The second-order valence-electron chi connectivity index (χ2n) is 5.99. The van der Waals surface area contributed by atoms with Gasteiger partial charge in [0.25, 0.3) is 0 Å². The quantitative estimate of drug-likeness (QED) is 0.702. The van der Waals surface area contributed by atoms with E-state index < -0.39 is 22.0 Å². The SMILES string of the molecule is CC[C@@H](C)[C@H](NS(C)(=O)=O)C(=O)OCc1ncc(-c2ccc(F)cc2)o1. The number of carbonyl (C=O) groups excluding carboxylic acids is 1. The number of carbonyl (C=O) groups is 1. The van der Waals surface area contributed by atoms with Gasteiger partial charge in [-0.25, -0.2) is 22.5 Å². The lowest BCUT2D eigenvalue weighted by Crippen LogP contribution is -2.45. The molecular weight excluding hydrogens is 363 g/mol. The Kier molecular flexibility index (Phi) is 6.49. The molecule has 2 atom stereocenters. The Balaban J connectivity index is 2.02. The molecule has 0 amide bonds. The van der Waals surface area contributed by atoms with Gasteiger partial charge in [-0.3, -0.25) is 4.79 Å². The maximum absolute atomic E-state index is 13.0. The van der Waals surface area contributed by atoms with Crippen molar-refractivity contribution in [3.05, 3.63) is 42.2 Å². The zero-order valence-electron chi connectivity index (χ0n) is 14.7. The summed E-state index contributed by atoms with van der Waals surface area (Å²) in [4.78, 5) is 16.3. The minimum atomic E-state index is -3.56. The van der Waals surface area contributed by atoms with Crippen LogP contribution in [0.15, 0.2) is 34.9 Å². The van der Waals surface area contributed by atoms with Crippen molar-refractivity contribution in [1.29, 1.82) is 0 Å². The normalized spacial score (nSPS) is 14.0. The van der Waals surface area contributed by atoms with Crippen LogP contribution in [0.2, 0.25) is 0 Å². The highest BCUT2D eigenvalue weighted by molar-refractivity contribution is 7.88. The molecule has 7 nitrogen and oxygen atoms in total. The highest BCUT2D eigenvalue weighted by atomic mass is 32.2. The van der Waals surface area contributed by atoms with E-state index in [1.807, 2.05) is 6.92 Å². The summed E-state index contributed by atoms with van der Waals surface area (Å²) in [5, 5.41) is 0. The first-order chi connectivity index (χ1) is 12.2. The van der Waals surface area contributed by atoms with Crippen molar-refractivity contribution in [1.82, 2.24) is 9.71 Å². The molecule has 0 saturated heterocycles. The van der Waals surface area contributed by atoms with Gasteiger partial charge in [0.1, 0.15) is 11.9 Å². The summed E-state index contributed by atoms with van der Waals surface area (Å²) in [6.07, 6.45) is 3.02. The molecule has 0 fully saturated rings. The number of oxazole rings is 1. The number of sulfonamides is 1. The van der Waals surface area contributed by atoms with Crippen molar-refractivity contribution in [3.63, 3.8) is 0 Å². The van der Waals surface area contributed by atoms with Crippen LogP contribution in [0.25, 0.3) is 11.3 Å². The first-order valence-corrected chi connectivity index (χ1v) is 9.93. The zero-order chi connectivity index (χ0) is 19.3. The van der Waals surface area contributed by atoms with Crippen LogP contribution in [0.1, 0.15) is 26.2 Å². The number of rotatable bonds is 8. The summed E-state index contributed by atoms with van der Waals surface area (Å²) in [7, 11) is -3.56. The second-order valence-corrected chi connectivity index (χ2v) is 7.77. The molecule has 0 unspecified atom stereocenters. The standard InChI is InChI=1S/C17H21FN2O5S/c1-4-11(2)16(20-26(3,22)23)17(21)24-10-15-19-9-14(25-15)12-5-7-13(18)8-6-12/h5-9,11,16,20H,4,10H2,1-3H3/t11-,16+/m1/s1. The Morgan fingerprint density at radius 2 is 2.00 bits per heavy atom. The molecule has 26 heavy (non-hydrogen) atoms. The zero-order valence-corrected chi connectivity index (χ0v) is 15.5. The summed E-state index contributed by atoms with van der Waals surface area (Å²) in [6, 6.07) is 4.69. The van der Waals surface area contributed by atoms with Crippen LogP contribution in [0, 0.1) is 11.7 Å². The summed E-state index contributed by atoms with van der Waals surface area (Å²) in [5.41, 5.74) is 0.632. The molecule has 1 aromatic carbocycles. The van der Waals surface area contributed by atoms with Crippen molar-refractivity contribution < 1.29 is 26.8 Å². The maximum Gasteiger partial charge on any atom is 0.324 e.